The van der Waals surface area contributed by atoms with Crippen LogP contribution in [0.25, 0.3) is 0 Å². The average molecular weight is 622 g/mol. The number of benzene rings is 3. The van der Waals surface area contributed by atoms with E-state index in [0.29, 0.717) is 59.3 Å². The summed E-state index contributed by atoms with van der Waals surface area (Å²) in [5.74, 6) is -2.92. The average Bonchev–Trinajstić information content (AvgIpc) is 2.93. The van der Waals surface area contributed by atoms with Crippen LogP contribution in [0.5, 0.6) is 11.5 Å². The third kappa shape index (κ3) is 8.46. The molecule has 0 heterocycles. The Hall–Kier alpha value is -7.08. The minimum absolute atomic E-state index is 0.384. The van der Waals surface area contributed by atoms with Gasteiger partial charge in [-0.05, 0) is 6.07 Å². The van der Waals surface area contributed by atoms with Gasteiger partial charge in [-0.1, -0.05) is 0 Å². The molecule has 3 rings (SSSR count). The zero-order valence-corrected chi connectivity index (χ0v) is 21.2. The van der Waals surface area contributed by atoms with E-state index in [0.717, 1.165) is 0 Å². The Labute approximate surface area is 239 Å². The lowest BCUT2D eigenvalue weighted by Crippen LogP contribution is -2.45. The number of nitro benzene ring substituents is 6. The van der Waals surface area contributed by atoms with Crippen LogP contribution in [0.4, 0.5) is 45.5 Å². The number of nitrogens with zero attached hydrogens (tertiary/aromatic N) is 6. The van der Waals surface area contributed by atoms with Gasteiger partial charge >= 0.3 is 0 Å². The second-order valence-electron chi connectivity index (χ2n) is 7.65. The van der Waals surface area contributed by atoms with Crippen molar-refractivity contribution in [1.82, 2.24) is 0 Å². The fourth-order valence-electron chi connectivity index (χ4n) is 2.87. The monoisotopic (exact) mass is 622 g/mol. The first-order valence-corrected chi connectivity index (χ1v) is 10.7. The van der Waals surface area contributed by atoms with Crippen molar-refractivity contribution < 1.29 is 60.8 Å². The van der Waals surface area contributed by atoms with Crippen molar-refractivity contribution in [2.45, 2.75) is 0 Å². The van der Waals surface area contributed by atoms with Crippen LogP contribution in [0.1, 0.15) is 20.7 Å². The van der Waals surface area contributed by atoms with E-state index in [4.69, 9.17) is 0 Å². The molecule has 0 aliphatic rings. The standard InChI is InChI=1S/C8H8N2O2.2C6H3N3O7/c9-7-2-8(10)6(4-12)1-5(7)3-11;2*10-6-4(8(13)14)1-3(7(11)12)2-5(6)9(15)16/h1-4H,9-10H2;2*1-2,10H. The second kappa shape index (κ2) is 14.5. The molecule has 0 saturated heterocycles. The maximum Gasteiger partial charge on any atom is 0.283 e. The van der Waals surface area contributed by atoms with Crippen LogP contribution >= 0.6 is 0 Å². The molecule has 3 aromatic rings. The number of non-ortho nitro benzene ring substituents is 2. The molecule has 0 saturated carbocycles. The second-order valence-corrected chi connectivity index (χ2v) is 7.65. The summed E-state index contributed by atoms with van der Waals surface area (Å²) >= 11 is 0. The van der Waals surface area contributed by atoms with Gasteiger partial charge in [-0.25, -0.2) is 0 Å². The van der Waals surface area contributed by atoms with E-state index in [1.54, 1.807) is 6.07 Å². The lowest BCUT2D eigenvalue weighted by molar-refractivity contribution is -0.420. The smallest absolute Gasteiger partial charge is 0.283 e. The van der Waals surface area contributed by atoms with Crippen molar-refractivity contribution in [2.24, 2.45) is 0 Å². The molecule has 0 radical (unpaired) electrons. The molecular weight excluding hydrogens is 608 g/mol. The zero-order valence-electron chi connectivity index (χ0n) is 21.2. The number of carbonyl (C=O) groups excluding carboxylic acids is 2. The van der Waals surface area contributed by atoms with E-state index in [1.807, 2.05) is 0 Å². The lowest BCUT2D eigenvalue weighted by atomic mass is 10.1. The summed E-state index contributed by atoms with van der Waals surface area (Å²) in [5.41, 5.74) is 2.82. The number of hydrogen-bond donors (Lipinski definition) is 2. The van der Waals surface area contributed by atoms with E-state index in [1.165, 1.54) is 6.07 Å². The maximum absolute atomic E-state index is 11.1. The molecule has 0 bridgehead atoms. The van der Waals surface area contributed by atoms with Gasteiger partial charge in [0.25, 0.3) is 34.1 Å². The molecule has 0 atom stereocenters. The van der Waals surface area contributed by atoms with E-state index < -0.39 is 75.2 Å². The molecular formula is C20H14N8O16. The molecule has 3 aromatic carbocycles. The highest BCUT2D eigenvalue weighted by atomic mass is 16.7. The van der Waals surface area contributed by atoms with Gasteiger partial charge in [0.1, 0.15) is 11.4 Å². The number of quaternary nitrogens is 2. The number of carbonyl (C=O) groups is 2. The normalized spacial score (nSPS) is 9.68. The van der Waals surface area contributed by atoms with Gasteiger partial charge in [-0.3, -0.25) is 70.3 Å². The molecule has 0 aliphatic heterocycles. The van der Waals surface area contributed by atoms with Crippen LogP contribution in [-0.2, 0) is 0 Å². The van der Waals surface area contributed by atoms with Crippen LogP contribution in [0.15, 0.2) is 36.4 Å². The predicted molar refractivity (Wildman–Crippen MR) is 134 cm³/mol. The summed E-state index contributed by atoms with van der Waals surface area (Å²) in [6, 6.07) is 4.65. The van der Waals surface area contributed by atoms with Gasteiger partial charge in [0, 0.05) is 0 Å². The van der Waals surface area contributed by atoms with Crippen molar-refractivity contribution in [2.75, 3.05) is 0 Å². The maximum atomic E-state index is 11.1. The van der Waals surface area contributed by atoms with Gasteiger partial charge in [-0.2, -0.15) is 0 Å². The molecule has 0 unspecified atom stereocenters. The Balaban J connectivity index is 0.000000334. The van der Waals surface area contributed by atoms with Crippen LogP contribution in [0.3, 0.4) is 0 Å². The van der Waals surface area contributed by atoms with Crippen molar-refractivity contribution >= 4 is 58.1 Å². The minimum atomic E-state index is -1.46. The molecule has 230 valence electrons. The van der Waals surface area contributed by atoms with Crippen LogP contribution < -0.4 is 21.7 Å². The van der Waals surface area contributed by atoms with Gasteiger partial charge in [-0.15, -0.1) is 0 Å². The highest BCUT2D eigenvalue weighted by Gasteiger charge is 2.25. The molecule has 0 spiro atoms. The summed E-state index contributed by atoms with van der Waals surface area (Å²) in [4.78, 5) is 75.9. The van der Waals surface area contributed by atoms with Gasteiger partial charge < -0.3 is 21.7 Å². The number of nitro groups is 6. The number of hydrogen-bond acceptors (Lipinski definition) is 16. The Morgan fingerprint density at radius 3 is 0.886 bits per heavy atom. The minimum Gasteiger partial charge on any atom is -0.863 e. The topological polar surface area (TPSA) is 394 Å². The SMILES string of the molecule is O=[N+]([O-])c1cc([N+](=O)[O-])c([O-])c([N+](=O)[O-])c1.O=[N+]([O-])c1cc([N+](=O)[O-])c([O-])c([N+](=O)[O-])c1.[NH3+]c1cc([NH3+])c(C=O)cc1C=O. The van der Waals surface area contributed by atoms with Crippen LogP contribution in [0.2, 0.25) is 0 Å². The summed E-state index contributed by atoms with van der Waals surface area (Å²) in [6.07, 6.45) is 1.35. The van der Waals surface area contributed by atoms with Crippen LogP contribution in [0, 0.1) is 60.7 Å². The molecule has 44 heavy (non-hydrogen) atoms. The van der Waals surface area contributed by atoms with E-state index >= 15 is 0 Å². The first kappa shape index (κ1) is 34.9. The zero-order chi connectivity index (χ0) is 34.0. The van der Waals surface area contributed by atoms with Crippen molar-refractivity contribution in [3.05, 3.63) is 108 Å². The summed E-state index contributed by atoms with van der Waals surface area (Å²) < 4.78 is 0. The number of aldehydes is 2. The fraction of sp³-hybridized carbons (Fsp3) is 0. The van der Waals surface area contributed by atoms with Crippen molar-refractivity contribution in [1.29, 1.82) is 0 Å². The first-order valence-electron chi connectivity index (χ1n) is 10.7. The van der Waals surface area contributed by atoms with Crippen molar-refractivity contribution in [3.63, 3.8) is 0 Å². The molecule has 0 fully saturated rings. The van der Waals surface area contributed by atoms with Crippen LogP contribution in [-0.4, -0.2) is 42.1 Å². The molecule has 6 N–H and O–H groups in total. The molecule has 0 amide bonds. The molecule has 24 nitrogen and oxygen atoms in total. The Kier molecular flexibility index (Phi) is 11.5. The Morgan fingerprint density at radius 1 is 0.455 bits per heavy atom. The summed E-state index contributed by atoms with van der Waals surface area (Å²) in [7, 11) is 0. The first-order chi connectivity index (χ1) is 20.4. The highest BCUT2D eigenvalue weighted by molar-refractivity contribution is 5.89. The predicted octanol–water partition coefficient (Wildman–Crippen LogP) is 0.0280. The third-order valence-corrected chi connectivity index (χ3v) is 4.93. The molecule has 24 heteroatoms. The fourth-order valence-corrected chi connectivity index (χ4v) is 2.87. The molecule has 0 aromatic heterocycles. The van der Waals surface area contributed by atoms with E-state index in [9.17, 15) is 80.5 Å². The quantitative estimate of drug-likeness (QED) is 0.190. The molecule has 0 aliphatic carbocycles. The third-order valence-electron chi connectivity index (χ3n) is 4.93. The van der Waals surface area contributed by atoms with Gasteiger partial charge in [0.2, 0.25) is 0 Å². The lowest BCUT2D eigenvalue weighted by Gasteiger charge is -2.06. The summed E-state index contributed by atoms with van der Waals surface area (Å²) in [5, 5.41) is 84.2. The Bertz CT molecular complexity index is 1530. The van der Waals surface area contributed by atoms with Gasteiger partial charge in [0.05, 0.1) is 82.5 Å². The summed E-state index contributed by atoms with van der Waals surface area (Å²) in [6.45, 7) is 0. The Morgan fingerprint density at radius 2 is 0.705 bits per heavy atom. The number of rotatable bonds is 8. The van der Waals surface area contributed by atoms with E-state index in [-0.39, 0.29) is 0 Å². The van der Waals surface area contributed by atoms with Crippen molar-refractivity contribution in [3.8, 4) is 11.5 Å². The highest BCUT2D eigenvalue weighted by Crippen LogP contribution is 2.38. The van der Waals surface area contributed by atoms with Gasteiger partial charge in [0.15, 0.2) is 12.6 Å². The van der Waals surface area contributed by atoms with E-state index in [2.05, 4.69) is 11.5 Å². The largest absolute Gasteiger partial charge is 0.863 e.